The summed E-state index contributed by atoms with van der Waals surface area (Å²) >= 11 is 0. The summed E-state index contributed by atoms with van der Waals surface area (Å²) in [7, 11) is 0. The lowest BCUT2D eigenvalue weighted by molar-refractivity contribution is -0.126. The molecule has 2 aromatic carbocycles. The van der Waals surface area contributed by atoms with E-state index in [-0.39, 0.29) is 17.9 Å². The summed E-state index contributed by atoms with van der Waals surface area (Å²) in [6.07, 6.45) is 7.48. The van der Waals surface area contributed by atoms with Gasteiger partial charge in [0.25, 0.3) is 5.91 Å². The summed E-state index contributed by atoms with van der Waals surface area (Å²) in [4.78, 5) is 28.2. The first-order valence-electron chi connectivity index (χ1n) is 10.5. The minimum absolute atomic E-state index is 0.0192. The minimum Gasteiger partial charge on any atom is -0.354 e. The molecule has 4 heteroatoms. The van der Waals surface area contributed by atoms with E-state index in [1.807, 2.05) is 47.4 Å². The van der Waals surface area contributed by atoms with E-state index in [0.717, 1.165) is 37.7 Å². The fourth-order valence-electron chi connectivity index (χ4n) is 4.59. The molecule has 1 saturated carbocycles. The highest BCUT2D eigenvalue weighted by Crippen LogP contribution is 2.38. The number of hydrogen-bond donors (Lipinski definition) is 1. The lowest BCUT2D eigenvalue weighted by Gasteiger charge is -2.32. The topological polar surface area (TPSA) is 49.4 Å². The number of amides is 2. The van der Waals surface area contributed by atoms with Gasteiger partial charge in [-0.2, -0.15) is 0 Å². The predicted molar refractivity (Wildman–Crippen MR) is 110 cm³/mol. The Morgan fingerprint density at radius 1 is 0.929 bits per heavy atom. The average Bonchev–Trinajstić information content (AvgIpc) is 2.88. The third-order valence-electron chi connectivity index (χ3n) is 6.02. The lowest BCUT2D eigenvalue weighted by Crippen LogP contribution is -2.45. The Morgan fingerprint density at radius 3 is 2.36 bits per heavy atom. The van der Waals surface area contributed by atoms with E-state index in [0.29, 0.717) is 12.1 Å². The predicted octanol–water partition coefficient (Wildman–Crippen LogP) is 4.27. The van der Waals surface area contributed by atoms with Crippen molar-refractivity contribution in [1.82, 2.24) is 10.2 Å². The molecule has 1 atom stereocenters. The second kappa shape index (κ2) is 8.59. The molecule has 2 aliphatic rings. The third-order valence-corrected chi connectivity index (χ3v) is 6.02. The van der Waals surface area contributed by atoms with Crippen molar-refractivity contribution in [2.24, 2.45) is 0 Å². The van der Waals surface area contributed by atoms with Gasteiger partial charge in [-0.15, -0.1) is 0 Å². The number of hydrogen-bond acceptors (Lipinski definition) is 2. The van der Waals surface area contributed by atoms with Gasteiger partial charge in [0.05, 0.1) is 0 Å². The van der Waals surface area contributed by atoms with Crippen LogP contribution in [0.1, 0.15) is 66.1 Å². The molecule has 0 bridgehead atoms. The van der Waals surface area contributed by atoms with Crippen molar-refractivity contribution in [3.05, 3.63) is 71.3 Å². The van der Waals surface area contributed by atoms with Crippen LogP contribution >= 0.6 is 0 Å². The lowest BCUT2D eigenvalue weighted by atomic mass is 10.0. The van der Waals surface area contributed by atoms with Crippen molar-refractivity contribution < 1.29 is 9.59 Å². The summed E-state index contributed by atoms with van der Waals surface area (Å²) < 4.78 is 0. The van der Waals surface area contributed by atoms with Crippen molar-refractivity contribution in [2.75, 3.05) is 6.54 Å². The molecule has 0 unspecified atom stereocenters. The van der Waals surface area contributed by atoms with Crippen LogP contribution in [0.25, 0.3) is 0 Å². The van der Waals surface area contributed by atoms with Gasteiger partial charge in [-0.3, -0.25) is 9.59 Å². The Labute approximate surface area is 166 Å². The molecular formula is C24H28N2O2. The van der Waals surface area contributed by atoms with Crippen LogP contribution in [0.3, 0.4) is 0 Å². The quantitative estimate of drug-likeness (QED) is 0.793. The fourth-order valence-corrected chi connectivity index (χ4v) is 4.59. The molecule has 1 heterocycles. The Kier molecular flexibility index (Phi) is 5.75. The zero-order chi connectivity index (χ0) is 19.3. The van der Waals surface area contributed by atoms with Gasteiger partial charge < -0.3 is 10.2 Å². The zero-order valence-corrected chi connectivity index (χ0v) is 16.3. The molecule has 0 saturated heterocycles. The number of benzene rings is 2. The Hall–Kier alpha value is -2.62. The SMILES string of the molecule is O=C(NCCc1ccccc1)[C@H]1c2ccccc2C(=O)N1C1CCCCCC1. The maximum absolute atomic E-state index is 13.2. The van der Waals surface area contributed by atoms with E-state index in [9.17, 15) is 9.59 Å². The third kappa shape index (κ3) is 3.82. The van der Waals surface area contributed by atoms with E-state index >= 15 is 0 Å². The summed E-state index contributed by atoms with van der Waals surface area (Å²) in [5.74, 6) is -0.0378. The Morgan fingerprint density at radius 2 is 1.61 bits per heavy atom. The van der Waals surface area contributed by atoms with Gasteiger partial charge in [-0.1, -0.05) is 74.2 Å². The van der Waals surface area contributed by atoms with Crippen LogP contribution in [-0.4, -0.2) is 29.3 Å². The molecule has 28 heavy (non-hydrogen) atoms. The van der Waals surface area contributed by atoms with Crippen molar-refractivity contribution in [3.63, 3.8) is 0 Å². The van der Waals surface area contributed by atoms with E-state index in [1.165, 1.54) is 18.4 Å². The molecule has 4 nitrogen and oxygen atoms in total. The highest BCUT2D eigenvalue weighted by molar-refractivity contribution is 6.04. The Balaban J connectivity index is 1.52. The van der Waals surface area contributed by atoms with Crippen LogP contribution in [0.2, 0.25) is 0 Å². The number of carbonyl (C=O) groups excluding carboxylic acids is 2. The standard InChI is InChI=1S/C24H28N2O2/c27-23(25-17-16-18-10-4-3-5-11-18)22-20-14-8-9-15-21(20)24(28)26(22)19-12-6-1-2-7-13-19/h3-5,8-11,14-15,19,22H,1-2,6-7,12-13,16-17H2,(H,25,27)/t22-/m1/s1. The first kappa shape index (κ1) is 18.7. The zero-order valence-electron chi connectivity index (χ0n) is 16.3. The van der Waals surface area contributed by atoms with Crippen LogP contribution in [0, 0.1) is 0 Å². The molecule has 1 fully saturated rings. The molecule has 0 aromatic heterocycles. The van der Waals surface area contributed by atoms with Gasteiger partial charge in [-0.05, 0) is 36.5 Å². The first-order valence-corrected chi connectivity index (χ1v) is 10.5. The summed E-state index contributed by atoms with van der Waals surface area (Å²) in [5, 5.41) is 3.09. The number of nitrogens with zero attached hydrogens (tertiary/aromatic N) is 1. The molecule has 1 N–H and O–H groups in total. The summed E-state index contributed by atoms with van der Waals surface area (Å²) in [6, 6.07) is 17.4. The maximum atomic E-state index is 13.2. The number of fused-ring (bicyclic) bond motifs is 1. The minimum atomic E-state index is -0.498. The summed E-state index contributed by atoms with van der Waals surface area (Å²) in [6.45, 7) is 0.578. The van der Waals surface area contributed by atoms with Crippen LogP contribution in [0.5, 0.6) is 0 Å². The normalized spacial score (nSPS) is 19.9. The van der Waals surface area contributed by atoms with Crippen LogP contribution < -0.4 is 5.32 Å². The van der Waals surface area contributed by atoms with E-state index < -0.39 is 6.04 Å². The van der Waals surface area contributed by atoms with Crippen molar-refractivity contribution in [1.29, 1.82) is 0 Å². The fraction of sp³-hybridized carbons (Fsp3) is 0.417. The first-order chi connectivity index (χ1) is 13.8. The number of nitrogens with one attached hydrogen (secondary N) is 1. The Bertz CT molecular complexity index is 826. The molecule has 4 rings (SSSR count). The van der Waals surface area contributed by atoms with Gasteiger partial charge in [-0.25, -0.2) is 0 Å². The molecule has 1 aliphatic carbocycles. The smallest absolute Gasteiger partial charge is 0.255 e. The highest BCUT2D eigenvalue weighted by atomic mass is 16.2. The maximum Gasteiger partial charge on any atom is 0.255 e. The molecule has 146 valence electrons. The van der Waals surface area contributed by atoms with Crippen molar-refractivity contribution >= 4 is 11.8 Å². The second-order valence-electron chi connectivity index (χ2n) is 7.87. The molecule has 0 radical (unpaired) electrons. The van der Waals surface area contributed by atoms with E-state index in [1.54, 1.807) is 0 Å². The van der Waals surface area contributed by atoms with Gasteiger partial charge in [0, 0.05) is 18.2 Å². The highest BCUT2D eigenvalue weighted by Gasteiger charge is 2.44. The van der Waals surface area contributed by atoms with Gasteiger partial charge in [0.15, 0.2) is 0 Å². The average molecular weight is 377 g/mol. The number of rotatable bonds is 5. The van der Waals surface area contributed by atoms with Crippen molar-refractivity contribution in [2.45, 2.75) is 57.0 Å². The van der Waals surface area contributed by atoms with Crippen LogP contribution in [0.15, 0.2) is 54.6 Å². The molecule has 2 aromatic rings. The van der Waals surface area contributed by atoms with E-state index in [4.69, 9.17) is 0 Å². The number of carbonyl (C=O) groups is 2. The second-order valence-corrected chi connectivity index (χ2v) is 7.87. The largest absolute Gasteiger partial charge is 0.354 e. The molecule has 1 aliphatic heterocycles. The molecule has 0 spiro atoms. The van der Waals surface area contributed by atoms with Gasteiger partial charge in [0.1, 0.15) is 6.04 Å². The van der Waals surface area contributed by atoms with Crippen LogP contribution in [0.4, 0.5) is 0 Å². The van der Waals surface area contributed by atoms with Gasteiger partial charge in [0.2, 0.25) is 5.91 Å². The van der Waals surface area contributed by atoms with Crippen LogP contribution in [-0.2, 0) is 11.2 Å². The molecular weight excluding hydrogens is 348 g/mol. The van der Waals surface area contributed by atoms with Gasteiger partial charge >= 0.3 is 0 Å². The van der Waals surface area contributed by atoms with E-state index in [2.05, 4.69) is 17.4 Å². The molecule has 2 amide bonds. The monoisotopic (exact) mass is 376 g/mol. The summed E-state index contributed by atoms with van der Waals surface area (Å²) in [5.41, 5.74) is 2.75. The van der Waals surface area contributed by atoms with Crippen molar-refractivity contribution in [3.8, 4) is 0 Å².